The van der Waals surface area contributed by atoms with E-state index in [9.17, 15) is 4.79 Å². The van der Waals surface area contributed by atoms with E-state index in [4.69, 9.17) is 10.00 Å². The van der Waals surface area contributed by atoms with Crippen molar-refractivity contribution in [2.24, 2.45) is 0 Å². The zero-order chi connectivity index (χ0) is 12.8. The minimum Gasteiger partial charge on any atom is -0.462 e. The van der Waals surface area contributed by atoms with Gasteiger partial charge in [-0.25, -0.2) is 4.79 Å². The van der Waals surface area contributed by atoms with E-state index in [-0.39, 0.29) is 12.2 Å². The van der Waals surface area contributed by atoms with E-state index in [0.717, 1.165) is 5.56 Å². The summed E-state index contributed by atoms with van der Waals surface area (Å²) in [5.74, 6) is -0.602. The Labute approximate surface area is 101 Å². The predicted octanol–water partition coefficient (Wildman–Crippen LogP) is 2.25. The first-order chi connectivity index (χ1) is 8.10. The van der Waals surface area contributed by atoms with Gasteiger partial charge in [0.1, 0.15) is 11.6 Å². The van der Waals surface area contributed by atoms with Gasteiger partial charge in [0.2, 0.25) is 0 Å². The second-order valence-corrected chi connectivity index (χ2v) is 3.55. The SMILES string of the molecule is CCOC(=O)/C(C#N)=C(/C)c1ccc(C)cn1. The molecule has 0 aliphatic rings. The molecule has 0 radical (unpaired) electrons. The van der Waals surface area contributed by atoms with Crippen LogP contribution in [0.25, 0.3) is 5.57 Å². The van der Waals surface area contributed by atoms with Gasteiger partial charge in [0.25, 0.3) is 0 Å². The lowest BCUT2D eigenvalue weighted by Crippen LogP contribution is -2.08. The number of aryl methyl sites for hydroxylation is 1. The van der Waals surface area contributed by atoms with Crippen LogP contribution in [0.1, 0.15) is 25.1 Å². The van der Waals surface area contributed by atoms with E-state index in [1.807, 2.05) is 19.1 Å². The molecule has 0 atom stereocenters. The van der Waals surface area contributed by atoms with Crippen LogP contribution in [-0.2, 0) is 9.53 Å². The third-order valence-corrected chi connectivity index (χ3v) is 2.26. The Kier molecular flexibility index (Phi) is 4.41. The molecule has 1 rings (SSSR count). The summed E-state index contributed by atoms with van der Waals surface area (Å²) < 4.78 is 4.81. The normalized spacial score (nSPS) is 11.4. The number of carbonyl (C=O) groups excluding carboxylic acids is 1. The molecular formula is C13H14N2O2. The molecule has 0 unspecified atom stereocenters. The number of rotatable bonds is 3. The van der Waals surface area contributed by atoms with Crippen LogP contribution in [0.5, 0.6) is 0 Å². The third-order valence-electron chi connectivity index (χ3n) is 2.26. The molecule has 0 bridgehead atoms. The molecule has 1 heterocycles. The quantitative estimate of drug-likeness (QED) is 0.454. The Balaban J connectivity index is 3.13. The lowest BCUT2D eigenvalue weighted by Gasteiger charge is -2.05. The first-order valence-corrected chi connectivity index (χ1v) is 5.31. The lowest BCUT2D eigenvalue weighted by atomic mass is 10.1. The molecule has 0 N–H and O–H groups in total. The van der Waals surface area contributed by atoms with E-state index in [2.05, 4.69) is 4.98 Å². The van der Waals surface area contributed by atoms with Crippen LogP contribution in [0, 0.1) is 18.3 Å². The molecular weight excluding hydrogens is 216 g/mol. The zero-order valence-corrected chi connectivity index (χ0v) is 10.2. The van der Waals surface area contributed by atoms with Gasteiger partial charge < -0.3 is 4.74 Å². The molecule has 88 valence electrons. The third kappa shape index (κ3) is 3.15. The van der Waals surface area contributed by atoms with Crippen molar-refractivity contribution in [3.8, 4) is 6.07 Å². The lowest BCUT2D eigenvalue weighted by molar-refractivity contribution is -0.137. The minimum absolute atomic E-state index is 0.00297. The minimum atomic E-state index is -0.602. The molecule has 1 aromatic rings. The fourth-order valence-electron chi connectivity index (χ4n) is 1.30. The molecule has 0 aliphatic heterocycles. The number of allylic oxidation sites excluding steroid dienone is 1. The first-order valence-electron chi connectivity index (χ1n) is 5.31. The first kappa shape index (κ1) is 12.9. The summed E-state index contributed by atoms with van der Waals surface area (Å²) in [4.78, 5) is 15.7. The van der Waals surface area contributed by atoms with Gasteiger partial charge in [0.15, 0.2) is 0 Å². The molecule has 0 aromatic carbocycles. The zero-order valence-electron chi connectivity index (χ0n) is 10.2. The number of nitrogens with zero attached hydrogens (tertiary/aromatic N) is 2. The molecule has 1 aromatic heterocycles. The molecule has 0 fully saturated rings. The number of nitriles is 1. The second kappa shape index (κ2) is 5.80. The summed E-state index contributed by atoms with van der Waals surface area (Å²) in [7, 11) is 0. The highest BCUT2D eigenvalue weighted by atomic mass is 16.5. The monoisotopic (exact) mass is 230 g/mol. The number of pyridine rings is 1. The van der Waals surface area contributed by atoms with E-state index < -0.39 is 5.97 Å². The van der Waals surface area contributed by atoms with Crippen molar-refractivity contribution in [1.29, 1.82) is 5.26 Å². The van der Waals surface area contributed by atoms with Crippen molar-refractivity contribution in [3.63, 3.8) is 0 Å². The van der Waals surface area contributed by atoms with Crippen LogP contribution in [0.4, 0.5) is 0 Å². The average Bonchev–Trinajstić information content (AvgIpc) is 2.31. The fourth-order valence-corrected chi connectivity index (χ4v) is 1.30. The fraction of sp³-hybridized carbons (Fsp3) is 0.308. The Bertz CT molecular complexity index is 481. The van der Waals surface area contributed by atoms with Crippen molar-refractivity contribution in [2.75, 3.05) is 6.61 Å². The maximum absolute atomic E-state index is 11.5. The highest BCUT2D eigenvalue weighted by Gasteiger charge is 2.15. The molecule has 0 spiro atoms. The van der Waals surface area contributed by atoms with Gasteiger partial charge in [0, 0.05) is 6.20 Å². The van der Waals surface area contributed by atoms with Gasteiger partial charge in [-0.2, -0.15) is 5.26 Å². The summed E-state index contributed by atoms with van der Waals surface area (Å²) in [5.41, 5.74) is 2.17. The van der Waals surface area contributed by atoms with Crippen molar-refractivity contribution >= 4 is 11.5 Å². The van der Waals surface area contributed by atoms with Crippen LogP contribution in [0.2, 0.25) is 0 Å². The predicted molar refractivity (Wildman–Crippen MR) is 63.8 cm³/mol. The van der Waals surface area contributed by atoms with Crippen LogP contribution < -0.4 is 0 Å². The smallest absolute Gasteiger partial charge is 0.349 e. The number of hydrogen-bond donors (Lipinski definition) is 0. The summed E-state index contributed by atoms with van der Waals surface area (Å²) in [6.07, 6.45) is 1.69. The van der Waals surface area contributed by atoms with Crippen LogP contribution >= 0.6 is 0 Å². The second-order valence-electron chi connectivity index (χ2n) is 3.55. The molecule has 17 heavy (non-hydrogen) atoms. The average molecular weight is 230 g/mol. The standard InChI is InChI=1S/C13H14N2O2/c1-4-17-13(16)11(7-14)10(3)12-6-5-9(2)8-15-12/h5-6,8H,4H2,1-3H3/b11-10-. The Hall–Kier alpha value is -2.15. The largest absolute Gasteiger partial charge is 0.462 e. The molecule has 4 nitrogen and oxygen atoms in total. The van der Waals surface area contributed by atoms with Gasteiger partial charge >= 0.3 is 5.97 Å². The molecule has 0 aliphatic carbocycles. The van der Waals surface area contributed by atoms with E-state index >= 15 is 0 Å². The summed E-state index contributed by atoms with van der Waals surface area (Å²) in [5, 5.41) is 8.97. The summed E-state index contributed by atoms with van der Waals surface area (Å²) in [6, 6.07) is 5.52. The maximum Gasteiger partial charge on any atom is 0.349 e. The van der Waals surface area contributed by atoms with Crippen molar-refractivity contribution in [2.45, 2.75) is 20.8 Å². The van der Waals surface area contributed by atoms with Crippen molar-refractivity contribution in [1.82, 2.24) is 4.98 Å². The van der Waals surface area contributed by atoms with Crippen molar-refractivity contribution in [3.05, 3.63) is 35.2 Å². The highest BCUT2D eigenvalue weighted by Crippen LogP contribution is 2.17. The highest BCUT2D eigenvalue weighted by molar-refractivity contribution is 6.00. The number of carbonyl (C=O) groups is 1. The Morgan fingerprint density at radius 2 is 2.24 bits per heavy atom. The van der Waals surface area contributed by atoms with Crippen LogP contribution in [0.3, 0.4) is 0 Å². The summed E-state index contributed by atoms with van der Waals surface area (Å²) in [6.45, 7) is 5.56. The van der Waals surface area contributed by atoms with Gasteiger partial charge in [0.05, 0.1) is 12.3 Å². The van der Waals surface area contributed by atoms with Crippen molar-refractivity contribution < 1.29 is 9.53 Å². The van der Waals surface area contributed by atoms with E-state index in [0.29, 0.717) is 11.3 Å². The topological polar surface area (TPSA) is 63.0 Å². The number of esters is 1. The Morgan fingerprint density at radius 1 is 1.53 bits per heavy atom. The number of ether oxygens (including phenoxy) is 1. The molecule has 0 amide bonds. The van der Waals surface area contributed by atoms with Gasteiger partial charge in [-0.3, -0.25) is 4.98 Å². The van der Waals surface area contributed by atoms with Gasteiger partial charge in [-0.15, -0.1) is 0 Å². The van der Waals surface area contributed by atoms with E-state index in [1.165, 1.54) is 0 Å². The summed E-state index contributed by atoms with van der Waals surface area (Å²) >= 11 is 0. The Morgan fingerprint density at radius 3 is 2.71 bits per heavy atom. The van der Waals surface area contributed by atoms with Gasteiger partial charge in [-0.05, 0) is 38.0 Å². The number of hydrogen-bond acceptors (Lipinski definition) is 4. The molecule has 0 saturated heterocycles. The maximum atomic E-state index is 11.5. The molecule has 0 saturated carbocycles. The van der Waals surface area contributed by atoms with Crippen LogP contribution in [-0.4, -0.2) is 17.6 Å². The van der Waals surface area contributed by atoms with E-state index in [1.54, 1.807) is 26.1 Å². The van der Waals surface area contributed by atoms with Crippen LogP contribution in [0.15, 0.2) is 23.9 Å². The molecule has 4 heteroatoms. The van der Waals surface area contributed by atoms with Gasteiger partial charge in [-0.1, -0.05) is 6.07 Å². The number of aromatic nitrogens is 1.